The third-order valence-corrected chi connectivity index (χ3v) is 3.45. The maximum absolute atomic E-state index is 12.5. The number of carbonyl (C=O) groups excluding carboxylic acids is 2. The maximum atomic E-state index is 12.5. The first-order valence-corrected chi connectivity index (χ1v) is 7.55. The number of anilines is 1. The van der Waals surface area contributed by atoms with Gasteiger partial charge in [-0.1, -0.05) is 42.5 Å². The Morgan fingerprint density at radius 2 is 1.72 bits per heavy atom. The van der Waals surface area contributed by atoms with Crippen LogP contribution in [0.1, 0.15) is 11.1 Å². The van der Waals surface area contributed by atoms with Gasteiger partial charge in [-0.05, 0) is 30.2 Å². The number of alkyl halides is 3. The molecule has 0 heterocycles. The topological polar surface area (TPSA) is 58.2 Å². The van der Waals surface area contributed by atoms with Crippen LogP contribution in [-0.4, -0.2) is 24.0 Å². The van der Waals surface area contributed by atoms with Crippen LogP contribution in [0, 0.1) is 6.92 Å². The van der Waals surface area contributed by atoms with E-state index in [0.29, 0.717) is 11.3 Å². The molecule has 0 radical (unpaired) electrons. The third-order valence-electron chi connectivity index (χ3n) is 3.45. The van der Waals surface area contributed by atoms with Gasteiger partial charge < -0.3 is 10.6 Å². The second-order valence-corrected chi connectivity index (χ2v) is 5.57. The predicted molar refractivity (Wildman–Crippen MR) is 87.9 cm³/mol. The fourth-order valence-corrected chi connectivity index (χ4v) is 2.25. The Morgan fingerprint density at radius 3 is 2.32 bits per heavy atom. The molecule has 0 aliphatic heterocycles. The van der Waals surface area contributed by atoms with Crippen LogP contribution in [0.5, 0.6) is 0 Å². The first kappa shape index (κ1) is 18.5. The molecule has 0 fully saturated rings. The van der Waals surface area contributed by atoms with E-state index >= 15 is 0 Å². The molecule has 0 bridgehead atoms. The highest BCUT2D eigenvalue weighted by molar-refractivity contribution is 5.98. The fraction of sp³-hybridized carbons (Fsp3) is 0.222. The van der Waals surface area contributed by atoms with Crippen molar-refractivity contribution < 1.29 is 22.8 Å². The zero-order valence-electron chi connectivity index (χ0n) is 13.4. The second kappa shape index (κ2) is 7.83. The van der Waals surface area contributed by atoms with E-state index in [4.69, 9.17) is 0 Å². The van der Waals surface area contributed by atoms with Gasteiger partial charge in [-0.2, -0.15) is 13.2 Å². The van der Waals surface area contributed by atoms with Crippen LogP contribution in [0.2, 0.25) is 0 Å². The summed E-state index contributed by atoms with van der Waals surface area (Å²) in [6, 6.07) is 14.0. The van der Waals surface area contributed by atoms with Gasteiger partial charge in [-0.3, -0.25) is 9.59 Å². The molecule has 0 saturated heterocycles. The molecule has 0 aliphatic rings. The molecule has 2 rings (SSSR count). The number of rotatable bonds is 5. The van der Waals surface area contributed by atoms with Crippen LogP contribution in [0.15, 0.2) is 54.6 Å². The zero-order valence-corrected chi connectivity index (χ0v) is 13.4. The Hall–Kier alpha value is -2.83. The minimum absolute atomic E-state index is 0.0552. The van der Waals surface area contributed by atoms with Crippen molar-refractivity contribution in [2.75, 3.05) is 5.32 Å². The lowest BCUT2D eigenvalue weighted by Crippen LogP contribution is -2.49. The van der Waals surface area contributed by atoms with Crippen LogP contribution < -0.4 is 10.6 Å². The van der Waals surface area contributed by atoms with Gasteiger partial charge in [0.25, 0.3) is 0 Å². The van der Waals surface area contributed by atoms with Crippen molar-refractivity contribution in [1.29, 1.82) is 0 Å². The number of carbonyl (C=O) groups is 2. The monoisotopic (exact) mass is 350 g/mol. The van der Waals surface area contributed by atoms with E-state index in [2.05, 4.69) is 5.32 Å². The Labute approximate surface area is 143 Å². The van der Waals surface area contributed by atoms with Gasteiger partial charge in [0.05, 0.1) is 0 Å². The first-order chi connectivity index (χ1) is 11.8. The number of amides is 2. The normalized spacial score (nSPS) is 12.3. The third kappa shape index (κ3) is 5.63. The van der Waals surface area contributed by atoms with Crippen molar-refractivity contribution in [2.24, 2.45) is 0 Å². The maximum Gasteiger partial charge on any atom is 0.471 e. The van der Waals surface area contributed by atoms with Crippen molar-refractivity contribution in [2.45, 2.75) is 25.6 Å². The lowest BCUT2D eigenvalue weighted by Gasteiger charge is -2.19. The van der Waals surface area contributed by atoms with Crippen LogP contribution in [0.4, 0.5) is 18.9 Å². The number of aryl methyl sites for hydroxylation is 1. The summed E-state index contributed by atoms with van der Waals surface area (Å²) in [6.45, 7) is 1.82. The standard InChI is InChI=1S/C18H17F3N2O2/c1-12-6-5-9-14(10-12)22-16(24)15(23-17(25)18(19,20)21)11-13-7-3-2-4-8-13/h2-10,15H,11H2,1H3,(H,22,24)(H,23,25)/t15-/m0/s1. The molecule has 1 atom stereocenters. The number of halogens is 3. The van der Waals surface area contributed by atoms with E-state index in [1.165, 1.54) is 0 Å². The van der Waals surface area contributed by atoms with E-state index in [-0.39, 0.29) is 6.42 Å². The quantitative estimate of drug-likeness (QED) is 0.870. The van der Waals surface area contributed by atoms with Gasteiger partial charge in [0, 0.05) is 12.1 Å². The molecule has 4 nitrogen and oxygen atoms in total. The summed E-state index contributed by atoms with van der Waals surface area (Å²) in [7, 11) is 0. The summed E-state index contributed by atoms with van der Waals surface area (Å²) in [5.41, 5.74) is 1.97. The molecule has 7 heteroatoms. The average molecular weight is 350 g/mol. The van der Waals surface area contributed by atoms with E-state index < -0.39 is 24.0 Å². The lowest BCUT2D eigenvalue weighted by molar-refractivity contribution is -0.174. The van der Waals surface area contributed by atoms with Gasteiger partial charge in [0.2, 0.25) is 5.91 Å². The van der Waals surface area contributed by atoms with Gasteiger partial charge in [-0.15, -0.1) is 0 Å². The molecule has 132 valence electrons. The SMILES string of the molecule is Cc1cccc(NC(=O)[C@H](Cc2ccccc2)NC(=O)C(F)(F)F)c1. The van der Waals surface area contributed by atoms with Crippen molar-refractivity contribution in [1.82, 2.24) is 5.32 Å². The first-order valence-electron chi connectivity index (χ1n) is 7.55. The van der Waals surface area contributed by atoms with E-state index in [1.807, 2.05) is 13.0 Å². The molecule has 2 N–H and O–H groups in total. The fourth-order valence-electron chi connectivity index (χ4n) is 2.25. The summed E-state index contributed by atoms with van der Waals surface area (Å²) in [6.07, 6.45) is -5.11. The zero-order chi connectivity index (χ0) is 18.4. The van der Waals surface area contributed by atoms with Crippen LogP contribution in [0.25, 0.3) is 0 Å². The van der Waals surface area contributed by atoms with Crippen molar-refractivity contribution in [3.05, 3.63) is 65.7 Å². The van der Waals surface area contributed by atoms with Crippen LogP contribution in [0.3, 0.4) is 0 Å². The Kier molecular flexibility index (Phi) is 5.80. The van der Waals surface area contributed by atoms with Crippen LogP contribution >= 0.6 is 0 Å². The van der Waals surface area contributed by atoms with Gasteiger partial charge in [0.15, 0.2) is 0 Å². The minimum atomic E-state index is -5.06. The summed E-state index contributed by atoms with van der Waals surface area (Å²) >= 11 is 0. The highest BCUT2D eigenvalue weighted by atomic mass is 19.4. The molecule has 0 unspecified atom stereocenters. The Morgan fingerprint density at radius 1 is 1.04 bits per heavy atom. The molecule has 2 amide bonds. The second-order valence-electron chi connectivity index (χ2n) is 5.57. The molecule has 2 aromatic rings. The molecule has 2 aromatic carbocycles. The smallest absolute Gasteiger partial charge is 0.336 e. The van der Waals surface area contributed by atoms with E-state index in [1.54, 1.807) is 53.8 Å². The van der Waals surface area contributed by atoms with Gasteiger partial charge >= 0.3 is 12.1 Å². The molecule has 0 aliphatic carbocycles. The van der Waals surface area contributed by atoms with E-state index in [0.717, 1.165) is 5.56 Å². The van der Waals surface area contributed by atoms with Crippen molar-refractivity contribution in [3.8, 4) is 0 Å². The Balaban J connectivity index is 2.17. The minimum Gasteiger partial charge on any atom is -0.336 e. The summed E-state index contributed by atoms with van der Waals surface area (Å²) < 4.78 is 37.6. The highest BCUT2D eigenvalue weighted by Gasteiger charge is 2.40. The lowest BCUT2D eigenvalue weighted by atomic mass is 10.0. The summed E-state index contributed by atoms with van der Waals surface area (Å²) in [5, 5.41) is 4.30. The van der Waals surface area contributed by atoms with Crippen molar-refractivity contribution in [3.63, 3.8) is 0 Å². The molecular weight excluding hydrogens is 333 g/mol. The number of hydrogen-bond donors (Lipinski definition) is 2. The molecule has 0 aromatic heterocycles. The summed E-state index contributed by atoms with van der Waals surface area (Å²) in [4.78, 5) is 23.7. The van der Waals surface area contributed by atoms with Gasteiger partial charge in [0.1, 0.15) is 6.04 Å². The largest absolute Gasteiger partial charge is 0.471 e. The van der Waals surface area contributed by atoms with Crippen LogP contribution in [-0.2, 0) is 16.0 Å². The number of hydrogen-bond acceptors (Lipinski definition) is 2. The average Bonchev–Trinajstić information content (AvgIpc) is 2.54. The highest BCUT2D eigenvalue weighted by Crippen LogP contribution is 2.16. The molecule has 0 saturated carbocycles. The Bertz CT molecular complexity index is 745. The number of nitrogens with one attached hydrogen (secondary N) is 2. The molecular formula is C18H17F3N2O2. The van der Waals surface area contributed by atoms with Gasteiger partial charge in [-0.25, -0.2) is 0 Å². The summed E-state index contributed by atoms with van der Waals surface area (Å²) in [5.74, 6) is -2.86. The predicted octanol–water partition coefficient (Wildman–Crippen LogP) is 3.22. The number of benzene rings is 2. The van der Waals surface area contributed by atoms with Crippen molar-refractivity contribution >= 4 is 17.5 Å². The molecule has 0 spiro atoms. The van der Waals surface area contributed by atoms with E-state index in [9.17, 15) is 22.8 Å². The molecule has 25 heavy (non-hydrogen) atoms.